The van der Waals surface area contributed by atoms with Crippen LogP contribution in [0, 0.1) is 5.92 Å². The molecule has 0 bridgehead atoms. The van der Waals surface area contributed by atoms with Crippen molar-refractivity contribution in [3.05, 3.63) is 40.8 Å². The fraction of sp³-hybridized carbons (Fsp3) is 0.438. The zero-order chi connectivity index (χ0) is 18.9. The molecule has 2 atom stereocenters. The Labute approximate surface area is 152 Å². The highest BCUT2D eigenvalue weighted by molar-refractivity contribution is 6.32. The summed E-state index contributed by atoms with van der Waals surface area (Å²) in [6.07, 6.45) is -0.219. The Morgan fingerprint density at radius 1 is 1.42 bits per heavy atom. The van der Waals surface area contributed by atoms with Gasteiger partial charge in [0.05, 0.1) is 16.8 Å². The summed E-state index contributed by atoms with van der Waals surface area (Å²) in [6, 6.07) is 2.65. The second-order valence-corrected chi connectivity index (χ2v) is 6.54. The first-order valence-electron chi connectivity index (χ1n) is 8.10. The highest BCUT2D eigenvalue weighted by atomic mass is 35.5. The van der Waals surface area contributed by atoms with Crippen LogP contribution < -0.4 is 11.1 Å². The van der Waals surface area contributed by atoms with Gasteiger partial charge in [-0.2, -0.15) is 18.3 Å². The molecule has 1 fully saturated rings. The van der Waals surface area contributed by atoms with Gasteiger partial charge in [-0.1, -0.05) is 18.0 Å². The van der Waals surface area contributed by atoms with E-state index in [0.29, 0.717) is 17.6 Å². The lowest BCUT2D eigenvalue weighted by atomic mass is 10.0. The number of nitrogens with two attached hydrogens (primary N) is 1. The molecule has 3 N–H and O–H groups in total. The van der Waals surface area contributed by atoms with Crippen LogP contribution in [0.1, 0.15) is 35.3 Å². The van der Waals surface area contributed by atoms with Crippen molar-refractivity contribution >= 4 is 17.5 Å². The number of alkyl halides is 3. The van der Waals surface area contributed by atoms with Crippen LogP contribution in [0.2, 0.25) is 5.02 Å². The molecule has 2 unspecified atom stereocenters. The van der Waals surface area contributed by atoms with Gasteiger partial charge in [-0.05, 0) is 37.4 Å². The van der Waals surface area contributed by atoms with Gasteiger partial charge < -0.3 is 11.1 Å². The zero-order valence-electron chi connectivity index (χ0n) is 13.6. The number of aromatic nitrogens is 3. The molecule has 140 valence electrons. The molecule has 0 spiro atoms. The molecule has 0 aliphatic heterocycles. The van der Waals surface area contributed by atoms with Crippen molar-refractivity contribution in [2.24, 2.45) is 11.7 Å². The van der Waals surface area contributed by atoms with Gasteiger partial charge in [0, 0.05) is 12.2 Å². The Kier molecular flexibility index (Phi) is 5.19. The first-order valence-corrected chi connectivity index (χ1v) is 8.47. The zero-order valence-corrected chi connectivity index (χ0v) is 14.4. The van der Waals surface area contributed by atoms with E-state index in [9.17, 15) is 18.0 Å². The predicted octanol–water partition coefficient (Wildman–Crippen LogP) is 2.80. The molecule has 3 rings (SSSR count). The van der Waals surface area contributed by atoms with Crippen molar-refractivity contribution in [2.75, 3.05) is 6.54 Å². The van der Waals surface area contributed by atoms with Gasteiger partial charge in [0.25, 0.3) is 5.91 Å². The average Bonchev–Trinajstić information content (AvgIpc) is 3.21. The summed E-state index contributed by atoms with van der Waals surface area (Å²) in [6.45, 7) is 0.375. The van der Waals surface area contributed by atoms with Crippen LogP contribution >= 0.6 is 11.6 Å². The van der Waals surface area contributed by atoms with Gasteiger partial charge in [0.15, 0.2) is 11.5 Å². The third kappa shape index (κ3) is 3.54. The molecule has 2 aromatic rings. The molecule has 1 amide bonds. The number of carbonyl (C=O) groups excluding carboxylic acids is 1. The molecule has 26 heavy (non-hydrogen) atoms. The topological polar surface area (TPSA) is 85.8 Å². The van der Waals surface area contributed by atoms with E-state index in [1.165, 1.54) is 18.3 Å². The van der Waals surface area contributed by atoms with Gasteiger partial charge in [-0.25, -0.2) is 9.67 Å². The van der Waals surface area contributed by atoms with E-state index in [1.54, 1.807) is 0 Å². The monoisotopic (exact) mass is 387 g/mol. The van der Waals surface area contributed by atoms with Gasteiger partial charge in [0.2, 0.25) is 0 Å². The van der Waals surface area contributed by atoms with E-state index >= 15 is 0 Å². The number of nitrogens with zero attached hydrogens (tertiary/aromatic N) is 3. The highest BCUT2D eigenvalue weighted by Crippen LogP contribution is 2.35. The van der Waals surface area contributed by atoms with Crippen LogP contribution in [-0.4, -0.2) is 33.3 Å². The maximum absolute atomic E-state index is 13.6. The summed E-state index contributed by atoms with van der Waals surface area (Å²) in [7, 11) is 0. The van der Waals surface area contributed by atoms with Crippen LogP contribution in [0.4, 0.5) is 13.2 Å². The smallest absolute Gasteiger partial charge is 0.349 e. The molecule has 0 saturated heterocycles. The number of hydrogen-bond acceptors (Lipinski definition) is 4. The predicted molar refractivity (Wildman–Crippen MR) is 89.0 cm³/mol. The second-order valence-electron chi connectivity index (χ2n) is 6.13. The number of nitrogens with one attached hydrogen (secondary N) is 1. The minimum absolute atomic E-state index is 0.00736. The summed E-state index contributed by atoms with van der Waals surface area (Å²) in [4.78, 5) is 16.3. The van der Waals surface area contributed by atoms with E-state index in [0.717, 1.165) is 19.0 Å². The average molecular weight is 388 g/mol. The molecule has 2 aromatic heterocycles. The molecule has 1 aliphatic carbocycles. The highest BCUT2D eigenvalue weighted by Gasteiger charge is 2.42. The van der Waals surface area contributed by atoms with E-state index in [4.69, 9.17) is 17.3 Å². The molecular weight excluding hydrogens is 371 g/mol. The maximum Gasteiger partial charge on any atom is 0.434 e. The first-order chi connectivity index (χ1) is 12.3. The molecule has 0 aromatic carbocycles. The molecule has 10 heteroatoms. The SMILES string of the molecule is NCC1CCCC1NC(=O)c1cnn(-c2ncccc2Cl)c1C(F)(F)F. The molecule has 1 saturated carbocycles. The fourth-order valence-electron chi connectivity index (χ4n) is 3.24. The number of pyridine rings is 1. The van der Waals surface area contributed by atoms with Crippen molar-refractivity contribution in [3.8, 4) is 5.82 Å². The van der Waals surface area contributed by atoms with Crippen LogP contribution in [0.5, 0.6) is 0 Å². The van der Waals surface area contributed by atoms with Crippen LogP contribution in [-0.2, 0) is 6.18 Å². The Bertz CT molecular complexity index is 807. The Morgan fingerprint density at radius 3 is 2.85 bits per heavy atom. The summed E-state index contributed by atoms with van der Waals surface area (Å²) in [5.74, 6) is -0.962. The molecular formula is C16H17ClF3N5O. The van der Waals surface area contributed by atoms with Crippen molar-refractivity contribution in [3.63, 3.8) is 0 Å². The summed E-state index contributed by atoms with van der Waals surface area (Å²) in [5, 5.41) is 6.37. The molecule has 1 aliphatic rings. The second kappa shape index (κ2) is 7.24. The Hall–Kier alpha value is -2.13. The normalized spacial score (nSPS) is 20.3. The maximum atomic E-state index is 13.6. The van der Waals surface area contributed by atoms with E-state index in [1.807, 2.05) is 0 Å². The summed E-state index contributed by atoms with van der Waals surface area (Å²) in [5.41, 5.74) is 3.89. The minimum Gasteiger partial charge on any atom is -0.349 e. The lowest BCUT2D eigenvalue weighted by molar-refractivity contribution is -0.143. The molecule has 2 heterocycles. The largest absolute Gasteiger partial charge is 0.434 e. The van der Waals surface area contributed by atoms with Crippen molar-refractivity contribution < 1.29 is 18.0 Å². The number of halogens is 4. The van der Waals surface area contributed by atoms with Gasteiger partial charge in [0.1, 0.15) is 0 Å². The van der Waals surface area contributed by atoms with E-state index in [2.05, 4.69) is 15.4 Å². The standard InChI is InChI=1S/C16H17ClF3N5O/c17-11-4-2-6-22-14(11)25-13(16(18,19)20)10(8-23-25)15(26)24-12-5-1-3-9(12)7-21/h2,4,6,8-9,12H,1,3,5,7,21H2,(H,24,26). The fourth-order valence-corrected chi connectivity index (χ4v) is 3.44. The summed E-state index contributed by atoms with van der Waals surface area (Å²) < 4.78 is 41.5. The third-order valence-electron chi connectivity index (χ3n) is 4.50. The van der Waals surface area contributed by atoms with Crippen molar-refractivity contribution in [1.29, 1.82) is 0 Å². The van der Waals surface area contributed by atoms with Gasteiger partial charge in [-0.3, -0.25) is 4.79 Å². The first kappa shape index (κ1) is 18.7. The number of hydrogen-bond donors (Lipinski definition) is 2. The van der Waals surface area contributed by atoms with E-state index in [-0.39, 0.29) is 22.8 Å². The number of amides is 1. The lowest BCUT2D eigenvalue weighted by Gasteiger charge is -2.20. The van der Waals surface area contributed by atoms with E-state index < -0.39 is 23.3 Å². The van der Waals surface area contributed by atoms with Crippen LogP contribution in [0.25, 0.3) is 5.82 Å². The Morgan fingerprint density at radius 2 is 2.19 bits per heavy atom. The van der Waals surface area contributed by atoms with Crippen LogP contribution in [0.15, 0.2) is 24.5 Å². The van der Waals surface area contributed by atoms with Crippen molar-refractivity contribution in [2.45, 2.75) is 31.5 Å². The van der Waals surface area contributed by atoms with Crippen molar-refractivity contribution in [1.82, 2.24) is 20.1 Å². The number of carbonyl (C=O) groups is 1. The number of rotatable bonds is 4. The molecule has 0 radical (unpaired) electrons. The minimum atomic E-state index is -4.81. The van der Waals surface area contributed by atoms with Gasteiger partial charge >= 0.3 is 6.18 Å². The third-order valence-corrected chi connectivity index (χ3v) is 4.80. The Balaban J connectivity index is 1.98. The molecule has 6 nitrogen and oxygen atoms in total. The summed E-state index contributed by atoms with van der Waals surface area (Å²) >= 11 is 5.94. The van der Waals surface area contributed by atoms with Gasteiger partial charge in [-0.15, -0.1) is 0 Å². The van der Waals surface area contributed by atoms with Crippen LogP contribution in [0.3, 0.4) is 0 Å². The lowest BCUT2D eigenvalue weighted by Crippen LogP contribution is -2.40. The quantitative estimate of drug-likeness (QED) is 0.844.